The van der Waals surface area contributed by atoms with Crippen LogP contribution in [0.2, 0.25) is 5.02 Å². The number of amides is 1. The average molecular weight is 310 g/mol. The lowest BCUT2D eigenvalue weighted by atomic mass is 9.71. The number of nitrogens with one attached hydrogen (secondary N) is 1. The van der Waals surface area contributed by atoms with E-state index < -0.39 is 11.5 Å². The van der Waals surface area contributed by atoms with Gasteiger partial charge in [0.2, 0.25) is 5.91 Å². The van der Waals surface area contributed by atoms with Crippen molar-refractivity contribution >= 4 is 17.5 Å². The molecule has 5 nitrogen and oxygen atoms in total. The van der Waals surface area contributed by atoms with Crippen LogP contribution in [-0.2, 0) is 11.3 Å². The molecule has 0 aliphatic carbocycles. The molecule has 1 amide bonds. The number of aromatic nitrogens is 1. The summed E-state index contributed by atoms with van der Waals surface area (Å²) in [5.74, 6) is -0.00462. The van der Waals surface area contributed by atoms with Gasteiger partial charge < -0.3 is 10.4 Å². The van der Waals surface area contributed by atoms with E-state index >= 15 is 0 Å². The van der Waals surface area contributed by atoms with E-state index in [2.05, 4.69) is 15.2 Å². The standard InChI is InChI=1S/C15H20ClN3O2/c16-11-2-3-12(18-8-11)9-19-7-4-13(20)15(10-19)5-1-6-17-14(15)21/h2-3,8,13,20H,1,4-7,9-10H2,(H,17,21)/t13-,15-/m1/s1. The van der Waals surface area contributed by atoms with Crippen molar-refractivity contribution < 1.29 is 9.90 Å². The van der Waals surface area contributed by atoms with Crippen LogP contribution in [0.25, 0.3) is 0 Å². The van der Waals surface area contributed by atoms with Gasteiger partial charge in [-0.2, -0.15) is 0 Å². The summed E-state index contributed by atoms with van der Waals surface area (Å²) in [5, 5.41) is 13.9. The maximum atomic E-state index is 12.3. The maximum absolute atomic E-state index is 12.3. The first-order chi connectivity index (χ1) is 10.1. The topological polar surface area (TPSA) is 65.5 Å². The lowest BCUT2D eigenvalue weighted by Crippen LogP contribution is -2.61. The molecule has 2 saturated heterocycles. The number of carbonyl (C=O) groups excluding carboxylic acids is 1. The highest BCUT2D eigenvalue weighted by molar-refractivity contribution is 6.30. The predicted molar refractivity (Wildman–Crippen MR) is 79.8 cm³/mol. The lowest BCUT2D eigenvalue weighted by molar-refractivity contribution is -0.149. The van der Waals surface area contributed by atoms with E-state index in [1.807, 2.05) is 12.1 Å². The summed E-state index contributed by atoms with van der Waals surface area (Å²) in [6.07, 6.45) is 3.40. The van der Waals surface area contributed by atoms with Crippen molar-refractivity contribution in [3.63, 3.8) is 0 Å². The Labute approximate surface area is 129 Å². The van der Waals surface area contributed by atoms with Gasteiger partial charge in [-0.3, -0.25) is 14.7 Å². The van der Waals surface area contributed by atoms with Crippen LogP contribution in [-0.4, -0.2) is 46.6 Å². The Morgan fingerprint density at radius 1 is 1.52 bits per heavy atom. The second-order valence-electron chi connectivity index (χ2n) is 6.00. The smallest absolute Gasteiger partial charge is 0.230 e. The molecule has 2 N–H and O–H groups in total. The van der Waals surface area contributed by atoms with Crippen molar-refractivity contribution in [2.75, 3.05) is 19.6 Å². The minimum absolute atomic E-state index is 0.00462. The molecule has 2 aliphatic heterocycles. The fraction of sp³-hybridized carbons (Fsp3) is 0.600. The third-order valence-electron chi connectivity index (χ3n) is 4.57. The van der Waals surface area contributed by atoms with Gasteiger partial charge in [-0.15, -0.1) is 0 Å². The number of nitrogens with zero attached hydrogens (tertiary/aromatic N) is 2. The lowest BCUT2D eigenvalue weighted by Gasteiger charge is -2.46. The number of hydrogen-bond donors (Lipinski definition) is 2. The van der Waals surface area contributed by atoms with Crippen LogP contribution in [0.15, 0.2) is 18.3 Å². The molecule has 0 unspecified atom stereocenters. The fourth-order valence-corrected chi connectivity index (χ4v) is 3.50. The summed E-state index contributed by atoms with van der Waals surface area (Å²) >= 11 is 5.85. The number of carbonyl (C=O) groups is 1. The Bertz CT molecular complexity index is 522. The summed E-state index contributed by atoms with van der Waals surface area (Å²) in [4.78, 5) is 18.8. The molecule has 1 aromatic rings. The van der Waals surface area contributed by atoms with Gasteiger partial charge in [-0.25, -0.2) is 0 Å². The van der Waals surface area contributed by atoms with Gasteiger partial charge in [0.15, 0.2) is 0 Å². The first kappa shape index (κ1) is 14.8. The molecular formula is C15H20ClN3O2. The number of pyridine rings is 1. The first-order valence-electron chi connectivity index (χ1n) is 7.39. The monoisotopic (exact) mass is 309 g/mol. The van der Waals surface area contributed by atoms with Gasteiger partial charge >= 0.3 is 0 Å². The molecule has 1 aromatic heterocycles. The van der Waals surface area contributed by atoms with Crippen molar-refractivity contribution in [3.05, 3.63) is 29.0 Å². The quantitative estimate of drug-likeness (QED) is 0.861. The minimum atomic E-state index is -0.650. The third-order valence-corrected chi connectivity index (χ3v) is 4.80. The van der Waals surface area contributed by atoms with Crippen LogP contribution in [0, 0.1) is 5.41 Å². The van der Waals surface area contributed by atoms with Crippen LogP contribution >= 0.6 is 11.6 Å². The molecule has 0 bridgehead atoms. The summed E-state index contributed by atoms with van der Waals surface area (Å²) in [7, 11) is 0. The molecule has 0 radical (unpaired) electrons. The predicted octanol–water partition coefficient (Wildman–Crippen LogP) is 1.20. The summed E-state index contributed by atoms with van der Waals surface area (Å²) in [6.45, 7) is 2.76. The number of hydrogen-bond acceptors (Lipinski definition) is 4. The van der Waals surface area contributed by atoms with Crippen LogP contribution < -0.4 is 5.32 Å². The van der Waals surface area contributed by atoms with Crippen LogP contribution in [0.1, 0.15) is 25.0 Å². The maximum Gasteiger partial charge on any atom is 0.230 e. The molecule has 114 valence electrons. The molecule has 2 atom stereocenters. The van der Waals surface area contributed by atoms with E-state index in [-0.39, 0.29) is 5.91 Å². The molecular weight excluding hydrogens is 290 g/mol. The molecule has 1 spiro atoms. The molecule has 2 fully saturated rings. The van der Waals surface area contributed by atoms with Crippen LogP contribution in [0.3, 0.4) is 0 Å². The highest BCUT2D eigenvalue weighted by Crippen LogP contribution is 2.37. The molecule has 3 rings (SSSR count). The number of piperidine rings is 2. The summed E-state index contributed by atoms with van der Waals surface area (Å²) in [5.41, 5.74) is 0.283. The number of rotatable bonds is 2. The Morgan fingerprint density at radius 2 is 2.38 bits per heavy atom. The van der Waals surface area contributed by atoms with E-state index in [9.17, 15) is 9.90 Å². The summed E-state index contributed by atoms with van der Waals surface area (Å²) in [6, 6.07) is 3.73. The highest BCUT2D eigenvalue weighted by atomic mass is 35.5. The van der Waals surface area contributed by atoms with Gasteiger partial charge in [-0.1, -0.05) is 11.6 Å². The van der Waals surface area contributed by atoms with Crippen molar-refractivity contribution in [1.82, 2.24) is 15.2 Å². The van der Waals surface area contributed by atoms with E-state index in [1.54, 1.807) is 6.20 Å². The summed E-state index contributed by atoms with van der Waals surface area (Å²) < 4.78 is 0. The zero-order chi connectivity index (χ0) is 14.9. The fourth-order valence-electron chi connectivity index (χ4n) is 3.39. The van der Waals surface area contributed by atoms with Crippen molar-refractivity contribution in [2.45, 2.75) is 31.9 Å². The average Bonchev–Trinajstić information content (AvgIpc) is 2.48. The Hall–Kier alpha value is -1.17. The number of aliphatic hydroxyl groups is 1. The van der Waals surface area contributed by atoms with Gasteiger partial charge in [-0.05, 0) is 31.4 Å². The zero-order valence-electron chi connectivity index (χ0n) is 11.9. The highest BCUT2D eigenvalue weighted by Gasteiger charge is 2.49. The van der Waals surface area contributed by atoms with Crippen molar-refractivity contribution in [2.24, 2.45) is 5.41 Å². The van der Waals surface area contributed by atoms with Crippen LogP contribution in [0.5, 0.6) is 0 Å². The van der Waals surface area contributed by atoms with E-state index in [0.29, 0.717) is 31.1 Å². The van der Waals surface area contributed by atoms with Gasteiger partial charge in [0.1, 0.15) is 0 Å². The van der Waals surface area contributed by atoms with E-state index in [0.717, 1.165) is 25.1 Å². The SMILES string of the molecule is O=C1NCCC[C@]12CN(Cc1ccc(Cl)cn1)CC[C@H]2O. The molecule has 0 aromatic carbocycles. The number of aliphatic hydroxyl groups excluding tert-OH is 1. The Morgan fingerprint density at radius 3 is 3.10 bits per heavy atom. The van der Waals surface area contributed by atoms with Crippen molar-refractivity contribution in [1.29, 1.82) is 0 Å². The van der Waals surface area contributed by atoms with Gasteiger partial charge in [0, 0.05) is 32.4 Å². The largest absolute Gasteiger partial charge is 0.392 e. The Kier molecular flexibility index (Phi) is 4.15. The van der Waals surface area contributed by atoms with Crippen molar-refractivity contribution in [3.8, 4) is 0 Å². The minimum Gasteiger partial charge on any atom is -0.392 e. The molecule has 6 heteroatoms. The van der Waals surface area contributed by atoms with Gasteiger partial charge in [0.05, 0.1) is 22.2 Å². The number of likely N-dealkylation sites (tertiary alicyclic amines) is 1. The van der Waals surface area contributed by atoms with Gasteiger partial charge in [0.25, 0.3) is 0 Å². The first-order valence-corrected chi connectivity index (χ1v) is 7.77. The number of halogens is 1. The molecule has 0 saturated carbocycles. The van der Waals surface area contributed by atoms with Crippen LogP contribution in [0.4, 0.5) is 0 Å². The normalized spacial score (nSPS) is 30.4. The zero-order valence-corrected chi connectivity index (χ0v) is 12.6. The molecule has 2 aliphatic rings. The van der Waals surface area contributed by atoms with E-state index in [1.165, 1.54) is 0 Å². The Balaban J connectivity index is 1.73. The second-order valence-corrected chi connectivity index (χ2v) is 6.43. The second kappa shape index (κ2) is 5.91. The molecule has 21 heavy (non-hydrogen) atoms. The van der Waals surface area contributed by atoms with E-state index in [4.69, 9.17) is 11.6 Å². The molecule has 3 heterocycles. The third kappa shape index (κ3) is 2.91.